The number of benzene rings is 3. The number of rotatable bonds is 4. The Bertz CT molecular complexity index is 1330. The van der Waals surface area contributed by atoms with E-state index in [1.807, 2.05) is 36.4 Å². The third kappa shape index (κ3) is 6.87. The van der Waals surface area contributed by atoms with Crippen molar-refractivity contribution in [3.05, 3.63) is 101 Å². The van der Waals surface area contributed by atoms with E-state index in [0.29, 0.717) is 43.3 Å². The van der Waals surface area contributed by atoms with Gasteiger partial charge in [0.2, 0.25) is 0 Å². The minimum atomic E-state index is -1.01. The fourth-order valence-corrected chi connectivity index (χ4v) is 7.66. The van der Waals surface area contributed by atoms with Gasteiger partial charge in [-0.2, -0.15) is 0 Å². The molecule has 3 aromatic carbocycles. The fraction of sp³-hybridized carbons (Fsp3) is 0.500. The number of carboxylic acid groups (broad SMARTS) is 1. The zero-order chi connectivity index (χ0) is 31.8. The summed E-state index contributed by atoms with van der Waals surface area (Å²) < 4.78 is 39.1. The molecule has 2 fully saturated rings. The first kappa shape index (κ1) is 32.7. The molecule has 1 aliphatic heterocycles. The molecule has 2 saturated carbocycles. The molecule has 8 heteroatoms. The molecule has 0 radical (unpaired) electrons. The van der Waals surface area contributed by atoms with Crippen LogP contribution in [0, 0.1) is 0 Å². The SMILES string of the molecule is COc1c2cc(C(=O)O)cc1CO[C@@H]1CCCC[C@]1(c1ccccc1)OCCOCCO[C@@]1(c3ccccc3)CCCC[C@H]1OC2. The Kier molecular flexibility index (Phi) is 10.7. The predicted molar refractivity (Wildman–Crippen MR) is 173 cm³/mol. The van der Waals surface area contributed by atoms with Crippen molar-refractivity contribution < 1.29 is 38.3 Å². The van der Waals surface area contributed by atoms with Gasteiger partial charge in [-0.3, -0.25) is 0 Å². The quantitative estimate of drug-likeness (QED) is 0.325. The summed E-state index contributed by atoms with van der Waals surface area (Å²) in [4.78, 5) is 12.3. The van der Waals surface area contributed by atoms with Gasteiger partial charge >= 0.3 is 5.97 Å². The number of ether oxygens (including phenoxy) is 6. The number of aromatic carboxylic acids is 1. The van der Waals surface area contributed by atoms with Gasteiger partial charge < -0.3 is 33.5 Å². The Hall–Kier alpha value is -3.27. The summed E-state index contributed by atoms with van der Waals surface area (Å²) in [6, 6.07) is 23.9. The Balaban J connectivity index is 1.38. The Morgan fingerprint density at radius 1 is 0.717 bits per heavy atom. The van der Waals surface area contributed by atoms with E-state index in [1.165, 1.54) is 0 Å². The molecule has 0 spiro atoms. The number of fused-ring (bicyclic) bond motifs is 4. The van der Waals surface area contributed by atoms with Crippen LogP contribution in [0.5, 0.6) is 5.75 Å². The Morgan fingerprint density at radius 2 is 1.20 bits per heavy atom. The predicted octanol–water partition coefficient (Wildman–Crippen LogP) is 7.17. The Morgan fingerprint density at radius 3 is 1.63 bits per heavy atom. The summed E-state index contributed by atoms with van der Waals surface area (Å²) in [5.74, 6) is -0.421. The number of carboxylic acids is 1. The van der Waals surface area contributed by atoms with Crippen LogP contribution in [-0.4, -0.2) is 56.8 Å². The molecule has 246 valence electrons. The van der Waals surface area contributed by atoms with E-state index in [1.54, 1.807) is 19.2 Å². The molecule has 1 heterocycles. The molecule has 0 amide bonds. The van der Waals surface area contributed by atoms with Gasteiger partial charge in [0.05, 0.1) is 64.5 Å². The molecule has 0 unspecified atom stereocenters. The van der Waals surface area contributed by atoms with E-state index in [0.717, 1.165) is 62.5 Å². The lowest BCUT2D eigenvalue weighted by Gasteiger charge is -2.44. The zero-order valence-corrected chi connectivity index (χ0v) is 26.8. The third-order valence-electron chi connectivity index (χ3n) is 9.84. The second-order valence-corrected chi connectivity index (χ2v) is 12.5. The molecule has 6 rings (SSSR count). The molecule has 8 nitrogen and oxygen atoms in total. The first-order valence-electron chi connectivity index (χ1n) is 16.7. The minimum absolute atomic E-state index is 0.174. The summed E-state index contributed by atoms with van der Waals surface area (Å²) in [5.41, 5.74) is 2.37. The molecule has 0 saturated heterocycles. The largest absolute Gasteiger partial charge is 0.496 e. The second-order valence-electron chi connectivity index (χ2n) is 12.5. The highest BCUT2D eigenvalue weighted by molar-refractivity contribution is 5.88. The van der Waals surface area contributed by atoms with Gasteiger partial charge in [-0.15, -0.1) is 0 Å². The van der Waals surface area contributed by atoms with Crippen LogP contribution in [-0.2, 0) is 48.1 Å². The lowest BCUT2D eigenvalue weighted by molar-refractivity contribution is -0.191. The van der Waals surface area contributed by atoms with Crippen LogP contribution >= 0.6 is 0 Å². The molecular formula is C38H46O8. The van der Waals surface area contributed by atoms with Crippen molar-refractivity contribution in [3.8, 4) is 5.75 Å². The van der Waals surface area contributed by atoms with Crippen molar-refractivity contribution >= 4 is 5.97 Å². The highest BCUT2D eigenvalue weighted by atomic mass is 16.6. The van der Waals surface area contributed by atoms with Crippen LogP contribution in [0.3, 0.4) is 0 Å². The number of hydrogen-bond acceptors (Lipinski definition) is 7. The summed E-state index contributed by atoms with van der Waals surface area (Å²) in [6.45, 7) is 2.04. The maximum absolute atomic E-state index is 12.3. The zero-order valence-electron chi connectivity index (χ0n) is 26.8. The molecule has 2 bridgehead atoms. The van der Waals surface area contributed by atoms with Gasteiger partial charge in [-0.25, -0.2) is 4.79 Å². The second kappa shape index (κ2) is 15.1. The number of carbonyl (C=O) groups is 1. The summed E-state index contributed by atoms with van der Waals surface area (Å²) in [5, 5.41) is 10.1. The van der Waals surface area contributed by atoms with Gasteiger partial charge in [-0.1, -0.05) is 86.3 Å². The van der Waals surface area contributed by atoms with Crippen LogP contribution in [0.25, 0.3) is 0 Å². The summed E-state index contributed by atoms with van der Waals surface area (Å²) >= 11 is 0. The van der Waals surface area contributed by atoms with Crippen LogP contribution in [0.2, 0.25) is 0 Å². The van der Waals surface area contributed by atoms with Crippen LogP contribution in [0.15, 0.2) is 72.8 Å². The molecule has 46 heavy (non-hydrogen) atoms. The minimum Gasteiger partial charge on any atom is -0.496 e. The summed E-state index contributed by atoms with van der Waals surface area (Å²) in [7, 11) is 1.62. The first-order chi connectivity index (χ1) is 22.6. The summed E-state index contributed by atoms with van der Waals surface area (Å²) in [6.07, 6.45) is 6.88. The van der Waals surface area contributed by atoms with E-state index in [4.69, 9.17) is 28.4 Å². The van der Waals surface area contributed by atoms with Gasteiger partial charge in [0, 0.05) is 11.1 Å². The monoisotopic (exact) mass is 630 g/mol. The van der Waals surface area contributed by atoms with Crippen LogP contribution in [0.1, 0.15) is 84.0 Å². The van der Waals surface area contributed by atoms with Crippen LogP contribution in [0.4, 0.5) is 0 Å². The van der Waals surface area contributed by atoms with Crippen molar-refractivity contribution in [1.29, 1.82) is 0 Å². The Labute approximate surface area is 271 Å². The van der Waals surface area contributed by atoms with Crippen molar-refractivity contribution in [2.45, 2.75) is 88.0 Å². The van der Waals surface area contributed by atoms with E-state index in [2.05, 4.69) is 24.3 Å². The van der Waals surface area contributed by atoms with Gasteiger partial charge in [0.1, 0.15) is 17.0 Å². The van der Waals surface area contributed by atoms with E-state index in [-0.39, 0.29) is 31.0 Å². The molecule has 3 aliphatic rings. The lowest BCUT2D eigenvalue weighted by atomic mass is 9.77. The van der Waals surface area contributed by atoms with Crippen molar-refractivity contribution in [2.75, 3.05) is 33.5 Å². The maximum atomic E-state index is 12.3. The van der Waals surface area contributed by atoms with E-state index < -0.39 is 17.2 Å². The molecule has 3 aromatic rings. The smallest absolute Gasteiger partial charge is 0.335 e. The average molecular weight is 631 g/mol. The standard InChI is InChI=1S/C38H46O8/c1-41-35-29-24-28(36(39)40)25-30(35)27-44-34-17-9-11-19-38(34,32-14-6-3-7-15-32)46-23-21-42-20-22-45-37(31-12-4-2-5-13-31)18-10-8-16-33(37)43-26-29/h2-7,12-15,24-25,33-34H,8-11,16-23,26-27H2,1H3,(H,39,40)/t33-,34-,37-,38-/m1/s1. The van der Waals surface area contributed by atoms with Gasteiger partial charge in [0.25, 0.3) is 0 Å². The molecule has 2 aliphatic carbocycles. The highest BCUT2D eigenvalue weighted by Crippen LogP contribution is 2.45. The lowest BCUT2D eigenvalue weighted by Crippen LogP contribution is -2.47. The van der Waals surface area contributed by atoms with Gasteiger partial charge in [0.15, 0.2) is 0 Å². The maximum Gasteiger partial charge on any atom is 0.335 e. The van der Waals surface area contributed by atoms with Crippen molar-refractivity contribution in [1.82, 2.24) is 0 Å². The molecule has 4 atom stereocenters. The first-order valence-corrected chi connectivity index (χ1v) is 16.7. The molecule has 0 aromatic heterocycles. The third-order valence-corrected chi connectivity index (χ3v) is 9.84. The molecule has 1 N–H and O–H groups in total. The van der Waals surface area contributed by atoms with E-state index in [9.17, 15) is 9.90 Å². The highest BCUT2D eigenvalue weighted by Gasteiger charge is 2.46. The molecular weight excluding hydrogens is 584 g/mol. The fourth-order valence-electron chi connectivity index (χ4n) is 7.66. The van der Waals surface area contributed by atoms with Gasteiger partial charge in [-0.05, 0) is 48.9 Å². The van der Waals surface area contributed by atoms with Crippen molar-refractivity contribution in [2.24, 2.45) is 0 Å². The van der Waals surface area contributed by atoms with Crippen molar-refractivity contribution in [3.63, 3.8) is 0 Å². The topological polar surface area (TPSA) is 92.7 Å². The number of hydrogen-bond donors (Lipinski definition) is 1. The number of methoxy groups -OCH3 is 1. The average Bonchev–Trinajstić information content (AvgIpc) is 3.10. The van der Waals surface area contributed by atoms with Crippen LogP contribution < -0.4 is 4.74 Å². The van der Waals surface area contributed by atoms with E-state index >= 15 is 0 Å². The normalized spacial score (nSPS) is 28.1.